The van der Waals surface area contributed by atoms with Crippen LogP contribution in [0.4, 0.5) is 4.39 Å². The summed E-state index contributed by atoms with van der Waals surface area (Å²) in [6, 6.07) is 5.93. The number of halogens is 1. The zero-order chi connectivity index (χ0) is 16.5. The number of sulfone groups is 1. The third-order valence-electron chi connectivity index (χ3n) is 4.26. The number of ether oxygens (including phenoxy) is 1. The Balaban J connectivity index is 2.51. The highest BCUT2D eigenvalue weighted by Crippen LogP contribution is 2.63. The van der Waals surface area contributed by atoms with Crippen molar-refractivity contribution in [2.75, 3.05) is 19.0 Å². The molecule has 0 aliphatic heterocycles. The van der Waals surface area contributed by atoms with Gasteiger partial charge in [-0.15, -0.1) is 0 Å². The summed E-state index contributed by atoms with van der Waals surface area (Å²) in [5.41, 5.74) is 5.52. The van der Waals surface area contributed by atoms with Crippen LogP contribution in [-0.4, -0.2) is 37.6 Å². The highest BCUT2D eigenvalue weighted by Gasteiger charge is 2.72. The van der Waals surface area contributed by atoms with E-state index < -0.39 is 32.2 Å². The lowest BCUT2D eigenvalue weighted by atomic mass is 10.00. The number of benzene rings is 1. The van der Waals surface area contributed by atoms with Crippen molar-refractivity contribution in [1.82, 2.24) is 0 Å². The molecule has 3 atom stereocenters. The predicted molar refractivity (Wildman–Crippen MR) is 88.1 cm³/mol. The van der Waals surface area contributed by atoms with Gasteiger partial charge in [0.05, 0.1) is 22.3 Å². The van der Waals surface area contributed by atoms with Crippen LogP contribution in [0.5, 0.6) is 0 Å². The third kappa shape index (κ3) is 2.77. The van der Waals surface area contributed by atoms with Gasteiger partial charge < -0.3 is 10.5 Å². The van der Waals surface area contributed by atoms with Crippen molar-refractivity contribution in [2.24, 2.45) is 11.1 Å². The fourth-order valence-corrected chi connectivity index (χ4v) is 5.56. The van der Waals surface area contributed by atoms with Gasteiger partial charge in [0.25, 0.3) is 0 Å². The van der Waals surface area contributed by atoms with Crippen molar-refractivity contribution in [3.8, 4) is 0 Å². The molecule has 22 heavy (non-hydrogen) atoms. The summed E-state index contributed by atoms with van der Waals surface area (Å²) in [6.45, 7) is 3.96. The maximum absolute atomic E-state index is 13.5. The van der Waals surface area contributed by atoms with Crippen LogP contribution in [0.15, 0.2) is 24.3 Å². The van der Waals surface area contributed by atoms with E-state index in [1.54, 1.807) is 19.1 Å². The molecule has 0 bridgehead atoms. The predicted octanol–water partition coefficient (Wildman–Crippen LogP) is 2.04. The van der Waals surface area contributed by atoms with Gasteiger partial charge in [-0.05, 0) is 24.6 Å². The van der Waals surface area contributed by atoms with Crippen LogP contribution < -0.4 is 5.73 Å². The number of rotatable bonds is 7. The van der Waals surface area contributed by atoms with E-state index in [-0.39, 0.29) is 17.3 Å². The molecule has 0 aromatic heterocycles. The first kappa shape index (κ1) is 17.3. The zero-order valence-electron chi connectivity index (χ0n) is 12.6. The molecule has 1 saturated carbocycles. The molecular formula is C15H20FNO3S2. The molecular weight excluding hydrogens is 325 g/mol. The first-order valence-electron chi connectivity index (χ1n) is 7.16. The van der Waals surface area contributed by atoms with E-state index in [2.05, 4.69) is 0 Å². The minimum Gasteiger partial charge on any atom is -0.393 e. The molecule has 0 unspecified atom stereocenters. The molecule has 1 aliphatic carbocycles. The standard InChI is InChI=1S/C15H20FNO3S2/c1-3-20-9-15(14(17)21)12(13(15)22(18,19)4-2)10-6-5-7-11(16)8-10/h5-8,12-13H,3-4,9H2,1-2H3,(H2,17,21)/t12-,13+,15-/m1/s1. The summed E-state index contributed by atoms with van der Waals surface area (Å²) < 4.78 is 43.9. The van der Waals surface area contributed by atoms with Crippen LogP contribution >= 0.6 is 12.2 Å². The Hall–Kier alpha value is -1.05. The topological polar surface area (TPSA) is 69.4 Å². The maximum Gasteiger partial charge on any atom is 0.154 e. The van der Waals surface area contributed by atoms with Crippen molar-refractivity contribution >= 4 is 27.0 Å². The molecule has 0 saturated heterocycles. The lowest BCUT2D eigenvalue weighted by Gasteiger charge is -2.16. The summed E-state index contributed by atoms with van der Waals surface area (Å²) in [4.78, 5) is 0.109. The molecule has 1 aromatic rings. The molecule has 0 heterocycles. The molecule has 0 radical (unpaired) electrons. The van der Waals surface area contributed by atoms with E-state index in [1.807, 2.05) is 6.92 Å². The Labute approximate surface area is 135 Å². The van der Waals surface area contributed by atoms with Gasteiger partial charge in [0.15, 0.2) is 9.84 Å². The van der Waals surface area contributed by atoms with Gasteiger partial charge in [-0.25, -0.2) is 12.8 Å². The van der Waals surface area contributed by atoms with E-state index in [0.717, 1.165) is 0 Å². The normalized spacial score (nSPS) is 27.6. The van der Waals surface area contributed by atoms with E-state index >= 15 is 0 Å². The van der Waals surface area contributed by atoms with Gasteiger partial charge in [0.1, 0.15) is 5.82 Å². The van der Waals surface area contributed by atoms with Gasteiger partial charge in [-0.3, -0.25) is 0 Å². The summed E-state index contributed by atoms with van der Waals surface area (Å²) in [5.74, 6) is -0.887. The average Bonchev–Trinajstić information content (AvgIpc) is 3.16. The van der Waals surface area contributed by atoms with Crippen molar-refractivity contribution in [3.05, 3.63) is 35.6 Å². The Morgan fingerprint density at radius 2 is 2.14 bits per heavy atom. The molecule has 1 aromatic carbocycles. The smallest absolute Gasteiger partial charge is 0.154 e. The summed E-state index contributed by atoms with van der Waals surface area (Å²) in [7, 11) is -3.39. The van der Waals surface area contributed by atoms with Gasteiger partial charge in [-0.1, -0.05) is 31.3 Å². The number of hydrogen-bond acceptors (Lipinski definition) is 4. The number of thiocarbonyl (C=S) groups is 1. The summed E-state index contributed by atoms with van der Waals surface area (Å²) >= 11 is 5.15. The maximum atomic E-state index is 13.5. The highest BCUT2D eigenvalue weighted by atomic mass is 32.2. The van der Waals surface area contributed by atoms with Crippen LogP contribution in [0.3, 0.4) is 0 Å². The first-order valence-corrected chi connectivity index (χ1v) is 9.28. The third-order valence-corrected chi connectivity index (χ3v) is 6.91. The van der Waals surface area contributed by atoms with Crippen LogP contribution in [0, 0.1) is 11.2 Å². The van der Waals surface area contributed by atoms with E-state index in [9.17, 15) is 12.8 Å². The second kappa shape index (κ2) is 6.22. The minimum absolute atomic E-state index is 0.0139. The largest absolute Gasteiger partial charge is 0.393 e. The average molecular weight is 345 g/mol. The van der Waals surface area contributed by atoms with Crippen molar-refractivity contribution in [3.63, 3.8) is 0 Å². The minimum atomic E-state index is -3.39. The first-order chi connectivity index (χ1) is 10.3. The van der Waals surface area contributed by atoms with Crippen LogP contribution in [0.25, 0.3) is 0 Å². The molecule has 7 heteroatoms. The fraction of sp³-hybridized carbons (Fsp3) is 0.533. The lowest BCUT2D eigenvalue weighted by molar-refractivity contribution is 0.121. The lowest BCUT2D eigenvalue weighted by Crippen LogP contribution is -2.34. The Morgan fingerprint density at radius 3 is 2.64 bits per heavy atom. The molecule has 4 nitrogen and oxygen atoms in total. The van der Waals surface area contributed by atoms with Crippen LogP contribution in [0.1, 0.15) is 25.3 Å². The van der Waals surface area contributed by atoms with Crippen molar-refractivity contribution < 1.29 is 17.5 Å². The Bertz CT molecular complexity index is 677. The van der Waals surface area contributed by atoms with Gasteiger partial charge >= 0.3 is 0 Å². The van der Waals surface area contributed by atoms with Crippen LogP contribution in [0.2, 0.25) is 0 Å². The van der Waals surface area contributed by atoms with E-state index in [4.69, 9.17) is 22.7 Å². The van der Waals surface area contributed by atoms with Crippen molar-refractivity contribution in [1.29, 1.82) is 0 Å². The Kier molecular flexibility index (Phi) is 4.89. The number of nitrogens with two attached hydrogens (primary N) is 1. The summed E-state index contributed by atoms with van der Waals surface area (Å²) in [6.07, 6.45) is 0. The van der Waals surface area contributed by atoms with Crippen LogP contribution in [-0.2, 0) is 14.6 Å². The fourth-order valence-electron chi connectivity index (χ4n) is 3.09. The molecule has 2 N–H and O–H groups in total. The SMILES string of the molecule is CCOC[C@@]1(C(N)=S)[C@H](c2cccc(F)c2)[C@@H]1S(=O)(=O)CC. The second-order valence-electron chi connectivity index (χ2n) is 5.45. The van der Waals surface area contributed by atoms with E-state index in [1.165, 1.54) is 12.1 Å². The molecule has 0 spiro atoms. The van der Waals surface area contributed by atoms with E-state index in [0.29, 0.717) is 12.2 Å². The second-order valence-corrected chi connectivity index (χ2v) is 8.30. The molecule has 0 amide bonds. The number of hydrogen-bond donors (Lipinski definition) is 1. The molecule has 2 rings (SSSR count). The van der Waals surface area contributed by atoms with Crippen molar-refractivity contribution in [2.45, 2.75) is 25.0 Å². The molecule has 122 valence electrons. The summed E-state index contributed by atoms with van der Waals surface area (Å²) in [5, 5.41) is -0.754. The highest BCUT2D eigenvalue weighted by molar-refractivity contribution is 7.92. The monoisotopic (exact) mass is 345 g/mol. The van der Waals surface area contributed by atoms with Gasteiger partial charge in [0, 0.05) is 18.3 Å². The Morgan fingerprint density at radius 1 is 1.45 bits per heavy atom. The molecule has 1 fully saturated rings. The zero-order valence-corrected chi connectivity index (χ0v) is 14.2. The quantitative estimate of drug-likeness (QED) is 0.766. The van der Waals surface area contributed by atoms with Gasteiger partial charge in [-0.2, -0.15) is 0 Å². The van der Waals surface area contributed by atoms with Gasteiger partial charge in [0.2, 0.25) is 0 Å². The molecule has 1 aliphatic rings.